The minimum atomic E-state index is -0.759. The molecule has 1 fully saturated rings. The third-order valence-electron chi connectivity index (χ3n) is 4.98. The Kier molecular flexibility index (Phi) is 8.42. The highest BCUT2D eigenvalue weighted by Gasteiger charge is 2.28. The number of ether oxygens (including phenoxy) is 1. The average Bonchev–Trinajstić information content (AvgIpc) is 2.77. The quantitative estimate of drug-likeness (QED) is 0.184. The summed E-state index contributed by atoms with van der Waals surface area (Å²) in [5, 5.41) is 4.20. The molecule has 0 atom stereocenters. The molecule has 6 N–H and O–H groups in total. The highest BCUT2D eigenvalue weighted by atomic mass is 35.5. The van der Waals surface area contributed by atoms with Gasteiger partial charge in [0.15, 0.2) is 11.0 Å². The predicted octanol–water partition coefficient (Wildman–Crippen LogP) is 3.69. The molecule has 0 saturated carbocycles. The second-order valence-electron chi connectivity index (χ2n) is 8.66. The number of halogens is 2. The van der Waals surface area contributed by atoms with Crippen LogP contribution in [-0.2, 0) is 4.74 Å². The molecular weight excluding hydrogens is 515 g/mol. The van der Waals surface area contributed by atoms with Crippen molar-refractivity contribution in [2.75, 3.05) is 48.1 Å². The first-order chi connectivity index (χ1) is 16.4. The van der Waals surface area contributed by atoms with Crippen molar-refractivity contribution < 1.29 is 14.3 Å². The predicted molar refractivity (Wildman–Crippen MR) is 140 cm³/mol. The highest BCUT2D eigenvalue weighted by molar-refractivity contribution is 7.98. The molecule has 2 heterocycles. The van der Waals surface area contributed by atoms with E-state index in [0.29, 0.717) is 52.8 Å². The number of amides is 2. The number of benzene rings is 1. The minimum Gasteiger partial charge on any atom is -0.444 e. The molecule has 0 spiro atoms. The van der Waals surface area contributed by atoms with Gasteiger partial charge in [-0.3, -0.25) is 4.79 Å². The summed E-state index contributed by atoms with van der Waals surface area (Å²) in [6.07, 6.45) is 1.44. The largest absolute Gasteiger partial charge is 0.444 e. The molecule has 1 aromatic carbocycles. The Bertz CT molecular complexity index is 1100. The summed E-state index contributed by atoms with van der Waals surface area (Å²) < 4.78 is 5.45. The van der Waals surface area contributed by atoms with Gasteiger partial charge >= 0.3 is 6.09 Å². The van der Waals surface area contributed by atoms with Gasteiger partial charge in [0.25, 0.3) is 5.91 Å². The number of nitrogens with one attached hydrogen (secondary N) is 2. The Labute approximate surface area is 217 Å². The van der Waals surface area contributed by atoms with Crippen molar-refractivity contribution in [2.45, 2.75) is 31.5 Å². The zero-order valence-electron chi connectivity index (χ0n) is 19.8. The Balaban J connectivity index is 1.81. The lowest BCUT2D eigenvalue weighted by Gasteiger charge is -2.37. The SMILES string of the molecule is CSc1nc(NN)c(C(N)=O)c(Nc2cc(Cl)c(N3CCN(C(=O)OC(C)(C)C)CC3)c(Cl)c2)n1. The van der Waals surface area contributed by atoms with Crippen LogP contribution in [0.15, 0.2) is 17.3 Å². The molecule has 2 amide bonds. The Morgan fingerprint density at radius 1 is 1.09 bits per heavy atom. The molecule has 190 valence electrons. The molecule has 3 rings (SSSR count). The first-order valence-electron chi connectivity index (χ1n) is 10.6. The van der Waals surface area contributed by atoms with E-state index in [0.717, 1.165) is 0 Å². The standard InChI is InChI=1S/C21H28Cl2N8O3S/c1-21(2,3)34-20(33)31-7-5-30(6-8-31)15-12(22)9-11(10-13(15)23)26-17-14(16(24)32)18(29-25)28-19(27-17)35-4/h9-10H,5-8,25H2,1-4H3,(H2,24,32)(H2,26,27,28,29). The van der Waals surface area contributed by atoms with Crippen LogP contribution >= 0.6 is 35.0 Å². The van der Waals surface area contributed by atoms with Crippen molar-refractivity contribution in [3.63, 3.8) is 0 Å². The molecule has 1 aliphatic heterocycles. The van der Waals surface area contributed by atoms with Crippen molar-refractivity contribution in [3.8, 4) is 0 Å². The van der Waals surface area contributed by atoms with Crippen LogP contribution in [0.25, 0.3) is 0 Å². The number of piperazine rings is 1. The Hall–Kier alpha value is -2.67. The van der Waals surface area contributed by atoms with Crippen LogP contribution in [0.4, 0.5) is 27.8 Å². The molecule has 14 heteroatoms. The maximum absolute atomic E-state index is 12.3. The van der Waals surface area contributed by atoms with E-state index in [4.69, 9.17) is 39.5 Å². The third-order valence-corrected chi connectivity index (χ3v) is 6.11. The minimum absolute atomic E-state index is 0.000105. The number of nitrogens with zero attached hydrogens (tertiary/aromatic N) is 4. The van der Waals surface area contributed by atoms with Crippen LogP contribution in [0.2, 0.25) is 10.0 Å². The van der Waals surface area contributed by atoms with Gasteiger partial charge in [0.1, 0.15) is 17.0 Å². The second-order valence-corrected chi connectivity index (χ2v) is 10.2. The van der Waals surface area contributed by atoms with Crippen LogP contribution in [0.3, 0.4) is 0 Å². The van der Waals surface area contributed by atoms with Gasteiger partial charge < -0.3 is 31.0 Å². The maximum Gasteiger partial charge on any atom is 0.410 e. The van der Waals surface area contributed by atoms with Crippen molar-refractivity contribution in [1.82, 2.24) is 14.9 Å². The lowest BCUT2D eigenvalue weighted by atomic mass is 10.2. The first kappa shape index (κ1) is 26.9. The van der Waals surface area contributed by atoms with E-state index >= 15 is 0 Å². The molecule has 1 aliphatic rings. The summed E-state index contributed by atoms with van der Waals surface area (Å²) in [5.41, 5.74) is 8.49. The first-order valence-corrected chi connectivity index (χ1v) is 12.6. The maximum atomic E-state index is 12.3. The molecule has 1 aromatic heterocycles. The number of thioether (sulfide) groups is 1. The van der Waals surface area contributed by atoms with Crippen LogP contribution in [-0.4, -0.2) is 64.9 Å². The third kappa shape index (κ3) is 6.51. The van der Waals surface area contributed by atoms with Crippen molar-refractivity contribution >= 4 is 70.0 Å². The van der Waals surface area contributed by atoms with E-state index in [1.165, 1.54) is 11.8 Å². The lowest BCUT2D eigenvalue weighted by molar-refractivity contribution is 0.0240. The van der Waals surface area contributed by atoms with Crippen LogP contribution in [0.5, 0.6) is 0 Å². The molecule has 0 bridgehead atoms. The van der Waals surface area contributed by atoms with E-state index in [9.17, 15) is 9.59 Å². The number of hydrogen-bond donors (Lipinski definition) is 4. The fourth-order valence-electron chi connectivity index (χ4n) is 3.48. The second kappa shape index (κ2) is 10.9. The van der Waals surface area contributed by atoms with Gasteiger partial charge in [-0.25, -0.2) is 20.6 Å². The number of primary amides is 1. The smallest absolute Gasteiger partial charge is 0.410 e. The zero-order chi connectivity index (χ0) is 25.9. The van der Waals surface area contributed by atoms with Gasteiger partial charge in [-0.1, -0.05) is 35.0 Å². The summed E-state index contributed by atoms with van der Waals surface area (Å²) in [7, 11) is 0. The number of anilines is 4. The number of aromatic nitrogens is 2. The molecule has 0 aliphatic carbocycles. The fraction of sp³-hybridized carbons (Fsp3) is 0.429. The number of rotatable bonds is 6. The monoisotopic (exact) mass is 542 g/mol. The zero-order valence-corrected chi connectivity index (χ0v) is 22.1. The van der Waals surface area contributed by atoms with E-state index in [1.807, 2.05) is 25.7 Å². The van der Waals surface area contributed by atoms with E-state index < -0.39 is 11.5 Å². The van der Waals surface area contributed by atoms with E-state index in [1.54, 1.807) is 23.3 Å². The van der Waals surface area contributed by atoms with Crippen molar-refractivity contribution in [2.24, 2.45) is 11.6 Å². The molecule has 2 aromatic rings. The summed E-state index contributed by atoms with van der Waals surface area (Å²) in [5.74, 6) is 5.01. The number of hydrogen-bond acceptors (Lipinski definition) is 10. The van der Waals surface area contributed by atoms with Gasteiger partial charge in [-0.15, -0.1) is 0 Å². The number of nitrogen functional groups attached to an aromatic ring is 1. The molecule has 35 heavy (non-hydrogen) atoms. The van der Waals surface area contributed by atoms with Crippen LogP contribution in [0, 0.1) is 0 Å². The van der Waals surface area contributed by atoms with Crippen LogP contribution < -0.4 is 27.2 Å². The molecule has 0 unspecified atom stereocenters. The number of hydrazine groups is 1. The number of carbonyl (C=O) groups is 2. The average molecular weight is 543 g/mol. The topological polar surface area (TPSA) is 152 Å². The number of nitrogens with two attached hydrogens (primary N) is 2. The molecule has 0 radical (unpaired) electrons. The highest BCUT2D eigenvalue weighted by Crippen LogP contribution is 2.38. The Morgan fingerprint density at radius 3 is 2.14 bits per heavy atom. The Morgan fingerprint density at radius 2 is 1.66 bits per heavy atom. The summed E-state index contributed by atoms with van der Waals surface area (Å²) >= 11 is 14.5. The van der Waals surface area contributed by atoms with Gasteiger partial charge in [0.05, 0.1) is 15.7 Å². The van der Waals surface area contributed by atoms with Crippen molar-refractivity contribution in [1.29, 1.82) is 0 Å². The van der Waals surface area contributed by atoms with E-state index in [-0.39, 0.29) is 23.3 Å². The molecular formula is C21H28Cl2N8O3S. The van der Waals surface area contributed by atoms with Gasteiger partial charge in [0, 0.05) is 31.9 Å². The van der Waals surface area contributed by atoms with Gasteiger partial charge in [0.2, 0.25) is 0 Å². The lowest BCUT2D eigenvalue weighted by Crippen LogP contribution is -2.50. The normalized spacial score (nSPS) is 14.0. The molecule has 11 nitrogen and oxygen atoms in total. The van der Waals surface area contributed by atoms with Crippen LogP contribution in [0.1, 0.15) is 31.1 Å². The summed E-state index contributed by atoms with van der Waals surface area (Å²) in [6.45, 7) is 7.50. The van der Waals surface area contributed by atoms with Gasteiger partial charge in [-0.05, 0) is 39.2 Å². The summed E-state index contributed by atoms with van der Waals surface area (Å²) in [4.78, 5) is 36.6. The summed E-state index contributed by atoms with van der Waals surface area (Å²) in [6, 6.07) is 3.34. The van der Waals surface area contributed by atoms with E-state index in [2.05, 4.69) is 20.7 Å². The van der Waals surface area contributed by atoms with Gasteiger partial charge in [-0.2, -0.15) is 0 Å². The van der Waals surface area contributed by atoms with Crippen molar-refractivity contribution in [3.05, 3.63) is 27.7 Å². The number of carbonyl (C=O) groups excluding carboxylic acids is 2. The fourth-order valence-corrected chi connectivity index (χ4v) is 4.57. The molecule has 1 saturated heterocycles.